The molecule has 4 N–H and O–H groups in total. The highest BCUT2D eigenvalue weighted by atomic mass is 32.3. The zero-order chi connectivity index (χ0) is 15.9. The molecule has 4 aliphatic rings. The SMILES string of the molecule is NC1CSC2(OCC(CSCC3COC4(SCC(N)S4)S3)S2)S1. The van der Waals surface area contributed by atoms with E-state index in [1.165, 1.54) is 0 Å². The Morgan fingerprint density at radius 2 is 1.30 bits per heavy atom. The van der Waals surface area contributed by atoms with Crippen LogP contribution >= 0.6 is 82.3 Å². The van der Waals surface area contributed by atoms with Crippen molar-refractivity contribution in [2.24, 2.45) is 11.5 Å². The van der Waals surface area contributed by atoms with Gasteiger partial charge in [-0.05, 0) is 0 Å². The van der Waals surface area contributed by atoms with Crippen molar-refractivity contribution in [3.63, 3.8) is 0 Å². The number of ether oxygens (including phenoxy) is 2. The molecule has 23 heavy (non-hydrogen) atoms. The normalized spacial score (nSPS) is 49.8. The third-order valence-electron chi connectivity index (χ3n) is 3.56. The minimum Gasteiger partial charge on any atom is -0.345 e. The van der Waals surface area contributed by atoms with Crippen molar-refractivity contribution >= 4 is 82.3 Å². The second-order valence-electron chi connectivity index (χ2n) is 5.57. The molecule has 0 aliphatic carbocycles. The molecular formula is C12H20N2O2S7. The first-order chi connectivity index (χ1) is 11.1. The Morgan fingerprint density at radius 3 is 1.70 bits per heavy atom. The van der Waals surface area contributed by atoms with Crippen LogP contribution in [-0.2, 0) is 9.47 Å². The van der Waals surface area contributed by atoms with Gasteiger partial charge in [0, 0.05) is 33.5 Å². The van der Waals surface area contributed by atoms with Gasteiger partial charge in [0.25, 0.3) is 0 Å². The standard InChI is InChI=1S/C12H20N2O2S7/c13-9-5-18-11(22-9)15-1-7(20-11)3-17-4-8-2-16-12(21-8)19-6-10(14)23-12/h7-10H,1-6,13-14H2. The van der Waals surface area contributed by atoms with E-state index in [0.717, 1.165) is 36.2 Å². The summed E-state index contributed by atoms with van der Waals surface area (Å²) in [6.45, 7) is 1.70. The number of rotatable bonds is 4. The highest BCUT2D eigenvalue weighted by Crippen LogP contribution is 2.61. The predicted octanol–water partition coefficient (Wildman–Crippen LogP) is 2.74. The van der Waals surface area contributed by atoms with E-state index in [0.29, 0.717) is 10.5 Å². The van der Waals surface area contributed by atoms with Crippen LogP contribution in [0, 0.1) is 0 Å². The van der Waals surface area contributed by atoms with Crippen molar-refractivity contribution in [3.8, 4) is 0 Å². The van der Waals surface area contributed by atoms with Crippen molar-refractivity contribution in [2.75, 3.05) is 36.2 Å². The van der Waals surface area contributed by atoms with Crippen LogP contribution in [0.25, 0.3) is 0 Å². The van der Waals surface area contributed by atoms with Gasteiger partial charge in [-0.3, -0.25) is 0 Å². The third kappa shape index (κ3) is 4.41. The number of thioether (sulfide) groups is 7. The van der Waals surface area contributed by atoms with Crippen LogP contribution in [0.2, 0.25) is 0 Å². The molecule has 4 nitrogen and oxygen atoms in total. The molecule has 4 heterocycles. The number of hydrogen-bond donors (Lipinski definition) is 2. The Kier molecular flexibility index (Phi) is 6.26. The zero-order valence-electron chi connectivity index (χ0n) is 12.4. The molecule has 0 aromatic heterocycles. The molecule has 6 unspecified atom stereocenters. The lowest BCUT2D eigenvalue weighted by Gasteiger charge is -2.19. The third-order valence-corrected chi connectivity index (χ3v) is 15.2. The Balaban J connectivity index is 1.17. The lowest BCUT2D eigenvalue weighted by molar-refractivity contribution is 0.168. The molecule has 4 rings (SSSR count). The van der Waals surface area contributed by atoms with E-state index in [2.05, 4.69) is 0 Å². The maximum atomic E-state index is 6.04. The molecule has 0 aromatic carbocycles. The smallest absolute Gasteiger partial charge is 0.210 e. The summed E-state index contributed by atoms with van der Waals surface area (Å²) in [6.07, 6.45) is 0. The second-order valence-corrected chi connectivity index (χ2v) is 16.4. The molecule has 0 radical (unpaired) electrons. The van der Waals surface area contributed by atoms with Crippen LogP contribution in [0.4, 0.5) is 0 Å². The van der Waals surface area contributed by atoms with Crippen LogP contribution < -0.4 is 11.5 Å². The molecule has 4 aliphatic heterocycles. The van der Waals surface area contributed by atoms with Gasteiger partial charge in [0.1, 0.15) is 0 Å². The summed E-state index contributed by atoms with van der Waals surface area (Å²) in [5.41, 5.74) is 12.0. The van der Waals surface area contributed by atoms with Gasteiger partial charge >= 0.3 is 0 Å². The van der Waals surface area contributed by atoms with Gasteiger partial charge in [-0.1, -0.05) is 47.0 Å². The molecule has 132 valence electrons. The Labute approximate surface area is 166 Å². The first-order valence-electron chi connectivity index (χ1n) is 7.42. The minimum atomic E-state index is -0.118. The van der Waals surface area contributed by atoms with Gasteiger partial charge in [-0.2, -0.15) is 11.8 Å². The van der Waals surface area contributed by atoms with Crippen molar-refractivity contribution < 1.29 is 9.47 Å². The Morgan fingerprint density at radius 1 is 0.826 bits per heavy atom. The Hall–Kier alpha value is 2.29. The van der Waals surface area contributed by atoms with Crippen LogP contribution in [0.5, 0.6) is 0 Å². The lowest BCUT2D eigenvalue weighted by Crippen LogP contribution is -2.16. The fraction of sp³-hybridized carbons (Fsp3) is 1.00. The second kappa shape index (κ2) is 7.73. The average molecular weight is 449 g/mol. The maximum absolute atomic E-state index is 6.04. The van der Waals surface area contributed by atoms with E-state index < -0.39 is 0 Å². The van der Waals surface area contributed by atoms with Gasteiger partial charge in [-0.25, -0.2) is 0 Å². The van der Waals surface area contributed by atoms with E-state index in [9.17, 15) is 0 Å². The predicted molar refractivity (Wildman–Crippen MR) is 113 cm³/mol. The van der Waals surface area contributed by atoms with Gasteiger partial charge in [0.2, 0.25) is 7.19 Å². The molecule has 0 aromatic rings. The van der Waals surface area contributed by atoms with Crippen LogP contribution in [0.15, 0.2) is 0 Å². The largest absolute Gasteiger partial charge is 0.345 e. The van der Waals surface area contributed by atoms with E-state index in [4.69, 9.17) is 20.9 Å². The highest BCUT2D eigenvalue weighted by Gasteiger charge is 2.49. The quantitative estimate of drug-likeness (QED) is 0.667. The summed E-state index contributed by atoms with van der Waals surface area (Å²) < 4.78 is 11.8. The van der Waals surface area contributed by atoms with Crippen molar-refractivity contribution in [3.05, 3.63) is 0 Å². The van der Waals surface area contributed by atoms with Crippen LogP contribution in [0.3, 0.4) is 0 Å². The fourth-order valence-corrected chi connectivity index (χ4v) is 14.4. The summed E-state index contributed by atoms with van der Waals surface area (Å²) in [7, 11) is 0. The number of nitrogens with two attached hydrogens (primary N) is 2. The van der Waals surface area contributed by atoms with E-state index in [1.807, 2.05) is 58.8 Å². The van der Waals surface area contributed by atoms with Crippen LogP contribution in [-0.4, -0.2) is 64.7 Å². The van der Waals surface area contributed by atoms with Crippen LogP contribution in [0.1, 0.15) is 0 Å². The van der Waals surface area contributed by atoms with Crippen molar-refractivity contribution in [1.29, 1.82) is 0 Å². The zero-order valence-corrected chi connectivity index (χ0v) is 18.1. The molecule has 2 spiro atoms. The first kappa shape index (κ1) is 18.6. The van der Waals surface area contributed by atoms with Gasteiger partial charge in [0.15, 0.2) is 0 Å². The molecule has 11 heteroatoms. The van der Waals surface area contributed by atoms with Gasteiger partial charge in [0.05, 0.1) is 24.0 Å². The first-order valence-corrected chi connectivity index (χ1v) is 14.1. The molecule has 4 saturated heterocycles. The number of hydrogen-bond acceptors (Lipinski definition) is 11. The van der Waals surface area contributed by atoms with E-state index in [-0.39, 0.29) is 17.9 Å². The summed E-state index contributed by atoms with van der Waals surface area (Å²) in [5, 5.41) is 1.59. The van der Waals surface area contributed by atoms with E-state index in [1.54, 1.807) is 23.5 Å². The lowest BCUT2D eigenvalue weighted by atomic mass is 10.5. The van der Waals surface area contributed by atoms with Crippen molar-refractivity contribution in [1.82, 2.24) is 0 Å². The topological polar surface area (TPSA) is 70.5 Å². The van der Waals surface area contributed by atoms with Crippen molar-refractivity contribution in [2.45, 2.75) is 28.4 Å². The monoisotopic (exact) mass is 448 g/mol. The molecule has 0 saturated carbocycles. The molecule has 6 atom stereocenters. The molecule has 4 fully saturated rings. The average Bonchev–Trinajstić information content (AvgIpc) is 3.25. The molecular weight excluding hydrogens is 429 g/mol. The Bertz CT molecular complexity index is 412. The van der Waals surface area contributed by atoms with E-state index >= 15 is 0 Å². The summed E-state index contributed by atoms with van der Waals surface area (Å²) >= 11 is 13.3. The van der Waals surface area contributed by atoms with Gasteiger partial charge < -0.3 is 20.9 Å². The highest BCUT2D eigenvalue weighted by molar-refractivity contribution is 8.36. The summed E-state index contributed by atoms with van der Waals surface area (Å²) in [4.78, 5) is 0. The van der Waals surface area contributed by atoms with Gasteiger partial charge in [-0.15, -0.1) is 23.5 Å². The maximum Gasteiger partial charge on any atom is 0.210 e. The fourth-order valence-electron chi connectivity index (χ4n) is 2.58. The molecule has 0 amide bonds. The summed E-state index contributed by atoms with van der Waals surface area (Å²) in [6, 6.07) is 0. The molecule has 0 bridgehead atoms. The minimum absolute atomic E-state index is 0.118. The summed E-state index contributed by atoms with van der Waals surface area (Å²) in [5.74, 6) is 4.28.